The topological polar surface area (TPSA) is 60.7 Å². The first kappa shape index (κ1) is 11.1. The van der Waals surface area contributed by atoms with Crippen LogP contribution in [0.15, 0.2) is 24.3 Å². The fraction of sp³-hybridized carbons (Fsp3) is 0.400. The summed E-state index contributed by atoms with van der Waals surface area (Å²) >= 11 is 0. The molecule has 3 N–H and O–H groups in total. The van der Waals surface area contributed by atoms with Crippen LogP contribution in [-0.2, 0) is 5.41 Å². The molecule has 1 aromatic rings. The molecule has 0 aliphatic heterocycles. The summed E-state index contributed by atoms with van der Waals surface area (Å²) in [6.07, 6.45) is 0. The molecule has 0 aliphatic rings. The zero-order chi connectivity index (χ0) is 10.6. The summed E-state index contributed by atoms with van der Waals surface area (Å²) in [6.45, 7) is -1.15. The van der Waals surface area contributed by atoms with Gasteiger partial charge in [0.15, 0.2) is 0 Å². The van der Waals surface area contributed by atoms with Gasteiger partial charge in [0.2, 0.25) is 0 Å². The standard InChI is InChI=1S/C10H13FO3/c11-9-3-1-8(2-4-9)10(5-12,6-13)7-14/h1-4,12-14H,5-7H2. The van der Waals surface area contributed by atoms with Gasteiger partial charge >= 0.3 is 0 Å². The van der Waals surface area contributed by atoms with Gasteiger partial charge in [-0.3, -0.25) is 0 Å². The minimum atomic E-state index is -1.09. The van der Waals surface area contributed by atoms with Crippen LogP contribution in [-0.4, -0.2) is 35.1 Å². The maximum atomic E-state index is 12.6. The van der Waals surface area contributed by atoms with Crippen LogP contribution in [0.2, 0.25) is 0 Å². The number of aliphatic hydroxyl groups excluding tert-OH is 3. The molecule has 0 aromatic heterocycles. The van der Waals surface area contributed by atoms with Crippen molar-refractivity contribution in [3.8, 4) is 0 Å². The molecular formula is C10H13FO3. The molecule has 0 radical (unpaired) electrons. The summed E-state index contributed by atoms with van der Waals surface area (Å²) in [5, 5.41) is 27.3. The lowest BCUT2D eigenvalue weighted by atomic mass is 9.83. The maximum absolute atomic E-state index is 12.6. The molecule has 0 unspecified atom stereocenters. The molecule has 14 heavy (non-hydrogen) atoms. The average Bonchev–Trinajstić information content (AvgIpc) is 2.24. The van der Waals surface area contributed by atoms with Crippen molar-refractivity contribution in [1.29, 1.82) is 0 Å². The van der Waals surface area contributed by atoms with Crippen molar-refractivity contribution in [1.82, 2.24) is 0 Å². The second-order valence-corrected chi connectivity index (χ2v) is 3.26. The van der Waals surface area contributed by atoms with Crippen molar-refractivity contribution in [3.63, 3.8) is 0 Å². The first-order chi connectivity index (χ1) is 6.68. The van der Waals surface area contributed by atoms with Gasteiger partial charge in [-0.25, -0.2) is 4.39 Å². The summed E-state index contributed by atoms with van der Waals surface area (Å²) in [5.41, 5.74) is -0.570. The molecule has 1 rings (SSSR count). The molecule has 4 heteroatoms. The van der Waals surface area contributed by atoms with Crippen LogP contribution in [0.5, 0.6) is 0 Å². The van der Waals surface area contributed by atoms with E-state index in [1.54, 1.807) is 0 Å². The molecule has 1 aromatic carbocycles. The third kappa shape index (κ3) is 1.92. The van der Waals surface area contributed by atoms with Gasteiger partial charge in [-0.05, 0) is 17.7 Å². The quantitative estimate of drug-likeness (QED) is 0.643. The van der Waals surface area contributed by atoms with Crippen molar-refractivity contribution in [3.05, 3.63) is 35.6 Å². The first-order valence-electron chi connectivity index (χ1n) is 4.27. The normalized spacial score (nSPS) is 11.7. The minimum absolute atomic E-state index is 0.383. The van der Waals surface area contributed by atoms with Gasteiger partial charge in [0.05, 0.1) is 25.2 Å². The number of hydrogen-bond donors (Lipinski definition) is 3. The smallest absolute Gasteiger partial charge is 0.123 e. The van der Waals surface area contributed by atoms with Gasteiger partial charge in [0, 0.05) is 0 Å². The van der Waals surface area contributed by atoms with Gasteiger partial charge in [-0.1, -0.05) is 12.1 Å². The van der Waals surface area contributed by atoms with Gasteiger partial charge in [-0.15, -0.1) is 0 Å². The van der Waals surface area contributed by atoms with Gasteiger partial charge < -0.3 is 15.3 Å². The third-order valence-corrected chi connectivity index (χ3v) is 2.36. The Labute approximate surface area is 81.4 Å². The van der Waals surface area contributed by atoms with Crippen molar-refractivity contribution in [2.45, 2.75) is 5.41 Å². The second kappa shape index (κ2) is 4.50. The van der Waals surface area contributed by atoms with Crippen LogP contribution in [0.4, 0.5) is 4.39 Å². The number of benzene rings is 1. The van der Waals surface area contributed by atoms with Crippen molar-refractivity contribution >= 4 is 0 Å². The molecule has 0 saturated carbocycles. The maximum Gasteiger partial charge on any atom is 0.123 e. The van der Waals surface area contributed by atoms with Gasteiger partial charge in [0.1, 0.15) is 5.82 Å². The van der Waals surface area contributed by atoms with Gasteiger partial charge in [0.25, 0.3) is 0 Å². The Morgan fingerprint density at radius 3 is 1.71 bits per heavy atom. The van der Waals surface area contributed by atoms with E-state index in [0.717, 1.165) is 0 Å². The fourth-order valence-corrected chi connectivity index (χ4v) is 1.23. The molecule has 0 fully saturated rings. The van der Waals surface area contributed by atoms with Crippen LogP contribution in [0, 0.1) is 5.82 Å². The Hall–Kier alpha value is -0.970. The Morgan fingerprint density at radius 2 is 1.36 bits per heavy atom. The van der Waals surface area contributed by atoms with E-state index >= 15 is 0 Å². The van der Waals surface area contributed by atoms with Crippen LogP contribution in [0.1, 0.15) is 5.56 Å². The number of halogens is 1. The number of aliphatic hydroxyl groups is 3. The van der Waals surface area contributed by atoms with Crippen LogP contribution in [0.25, 0.3) is 0 Å². The SMILES string of the molecule is OCC(CO)(CO)c1ccc(F)cc1. The Morgan fingerprint density at radius 1 is 0.929 bits per heavy atom. The lowest BCUT2D eigenvalue weighted by molar-refractivity contribution is 0.0640. The highest BCUT2D eigenvalue weighted by Gasteiger charge is 2.30. The van der Waals surface area contributed by atoms with E-state index in [4.69, 9.17) is 15.3 Å². The number of rotatable bonds is 4. The Kier molecular flexibility index (Phi) is 3.57. The molecule has 0 spiro atoms. The predicted molar refractivity (Wildman–Crippen MR) is 49.3 cm³/mol. The molecule has 0 atom stereocenters. The highest BCUT2D eigenvalue weighted by atomic mass is 19.1. The molecule has 3 nitrogen and oxygen atoms in total. The monoisotopic (exact) mass is 200 g/mol. The molecule has 0 heterocycles. The zero-order valence-electron chi connectivity index (χ0n) is 7.65. The highest BCUT2D eigenvalue weighted by molar-refractivity contribution is 5.26. The van der Waals surface area contributed by atoms with E-state index in [9.17, 15) is 4.39 Å². The third-order valence-electron chi connectivity index (χ3n) is 2.36. The van der Waals surface area contributed by atoms with E-state index in [2.05, 4.69) is 0 Å². The largest absolute Gasteiger partial charge is 0.395 e. The average molecular weight is 200 g/mol. The van der Waals surface area contributed by atoms with E-state index in [0.29, 0.717) is 5.56 Å². The Bertz CT molecular complexity index is 272. The predicted octanol–water partition coefficient (Wildman–Crippen LogP) is 0.0404. The van der Waals surface area contributed by atoms with Crippen LogP contribution >= 0.6 is 0 Å². The summed E-state index contributed by atoms with van der Waals surface area (Å²) < 4.78 is 12.6. The lowest BCUT2D eigenvalue weighted by Crippen LogP contribution is -2.38. The zero-order valence-corrected chi connectivity index (χ0v) is 7.65. The minimum Gasteiger partial charge on any atom is -0.395 e. The molecule has 0 bridgehead atoms. The van der Waals surface area contributed by atoms with E-state index in [1.807, 2.05) is 0 Å². The molecule has 78 valence electrons. The van der Waals surface area contributed by atoms with Crippen molar-refractivity contribution in [2.75, 3.05) is 19.8 Å². The first-order valence-corrected chi connectivity index (χ1v) is 4.27. The van der Waals surface area contributed by atoms with E-state index < -0.39 is 11.2 Å². The lowest BCUT2D eigenvalue weighted by Gasteiger charge is -2.27. The highest BCUT2D eigenvalue weighted by Crippen LogP contribution is 2.22. The van der Waals surface area contributed by atoms with Crippen molar-refractivity contribution in [2.24, 2.45) is 0 Å². The molecular weight excluding hydrogens is 187 g/mol. The summed E-state index contributed by atoms with van der Waals surface area (Å²) in [5.74, 6) is -0.392. The van der Waals surface area contributed by atoms with Gasteiger partial charge in [-0.2, -0.15) is 0 Å². The van der Waals surface area contributed by atoms with E-state index in [-0.39, 0.29) is 19.8 Å². The number of hydrogen-bond acceptors (Lipinski definition) is 3. The van der Waals surface area contributed by atoms with E-state index in [1.165, 1.54) is 24.3 Å². The summed E-state index contributed by atoms with van der Waals surface area (Å²) in [6, 6.07) is 5.34. The van der Waals surface area contributed by atoms with Crippen LogP contribution < -0.4 is 0 Å². The molecule has 0 saturated heterocycles. The summed E-state index contributed by atoms with van der Waals surface area (Å²) in [4.78, 5) is 0. The second-order valence-electron chi connectivity index (χ2n) is 3.26. The Balaban J connectivity index is 3.05. The molecule has 0 amide bonds. The molecule has 0 aliphatic carbocycles. The summed E-state index contributed by atoms with van der Waals surface area (Å²) in [7, 11) is 0. The fourth-order valence-electron chi connectivity index (χ4n) is 1.23. The van der Waals surface area contributed by atoms with Crippen molar-refractivity contribution < 1.29 is 19.7 Å². The van der Waals surface area contributed by atoms with Crippen LogP contribution in [0.3, 0.4) is 0 Å².